The summed E-state index contributed by atoms with van der Waals surface area (Å²) in [6.07, 6.45) is 84.7. The van der Waals surface area contributed by atoms with Gasteiger partial charge in [-0.2, -0.15) is 0 Å². The van der Waals surface area contributed by atoms with Crippen molar-refractivity contribution in [3.05, 3.63) is 24.3 Å². The minimum absolute atomic E-state index is 0.0174. The van der Waals surface area contributed by atoms with Crippen LogP contribution in [0, 0.1) is 0 Å². The lowest BCUT2D eigenvalue weighted by molar-refractivity contribution is -0.870. The fourth-order valence-corrected chi connectivity index (χ4v) is 12.8. The molecule has 0 saturated carbocycles. The van der Waals surface area contributed by atoms with Crippen LogP contribution in [-0.4, -0.2) is 69.4 Å². The third-order valence-corrected chi connectivity index (χ3v) is 19.1. The van der Waals surface area contributed by atoms with Crippen molar-refractivity contribution in [1.29, 1.82) is 0 Å². The highest BCUT2D eigenvalue weighted by molar-refractivity contribution is 7.45. The first-order chi connectivity index (χ1) is 42.9. The lowest BCUT2D eigenvalue weighted by atomic mass is 10.0. The van der Waals surface area contributed by atoms with Gasteiger partial charge in [-0.15, -0.1) is 0 Å². The van der Waals surface area contributed by atoms with E-state index in [1.807, 2.05) is 33.3 Å². The van der Waals surface area contributed by atoms with Crippen molar-refractivity contribution in [1.82, 2.24) is 5.32 Å². The second kappa shape index (κ2) is 68.4. The average Bonchev–Trinajstić information content (AvgIpc) is 3.61. The Morgan fingerprint density at radius 3 is 0.966 bits per heavy atom. The van der Waals surface area contributed by atoms with Gasteiger partial charge in [0.2, 0.25) is 5.91 Å². The maximum atomic E-state index is 13.6. The van der Waals surface area contributed by atoms with Crippen LogP contribution < -0.4 is 10.2 Å². The molecule has 0 aliphatic rings. The maximum Gasteiger partial charge on any atom is 0.306 e. The standard InChI is InChI=1S/C78H153N2O7P/c1-7-10-13-16-19-22-25-28-30-32-34-36-38-39-40-41-43-45-47-49-51-53-56-59-62-65-68-71-78(82)87-76(69-66-63-60-57-54-27-24-21-18-15-12-9-3)75(74-86-88(83,84)85-73-72-80(4,5)6)79-77(81)70-67-64-61-58-55-52-50-48-46-44-42-37-35-33-31-29-26-23-20-17-14-11-8-2/h28,30,66,69,75-76H,7-27,29,31-65,67-68,70-74H2,1-6H3,(H-,79,81,83,84)/b30-28+,69-66+. The molecule has 3 atom stereocenters. The Labute approximate surface area is 549 Å². The van der Waals surface area contributed by atoms with E-state index in [2.05, 4.69) is 38.2 Å². The van der Waals surface area contributed by atoms with Gasteiger partial charge in [0.15, 0.2) is 0 Å². The van der Waals surface area contributed by atoms with Gasteiger partial charge < -0.3 is 28.5 Å². The third-order valence-electron chi connectivity index (χ3n) is 18.1. The summed E-state index contributed by atoms with van der Waals surface area (Å²) in [6.45, 7) is 6.92. The van der Waals surface area contributed by atoms with Crippen LogP contribution in [0.25, 0.3) is 0 Å². The molecule has 0 aliphatic carbocycles. The van der Waals surface area contributed by atoms with Crippen molar-refractivity contribution in [2.24, 2.45) is 0 Å². The Morgan fingerprint density at radius 1 is 0.386 bits per heavy atom. The van der Waals surface area contributed by atoms with E-state index in [0.29, 0.717) is 17.4 Å². The molecule has 0 rings (SSSR count). The second-order valence-electron chi connectivity index (χ2n) is 28.2. The van der Waals surface area contributed by atoms with E-state index >= 15 is 0 Å². The minimum atomic E-state index is -4.70. The summed E-state index contributed by atoms with van der Waals surface area (Å²) in [6, 6.07) is -0.883. The molecule has 0 spiro atoms. The Kier molecular flexibility index (Phi) is 67.2. The number of carbonyl (C=O) groups excluding carboxylic acids is 2. The summed E-state index contributed by atoms with van der Waals surface area (Å²) in [4.78, 5) is 40.3. The highest BCUT2D eigenvalue weighted by atomic mass is 31.2. The number of esters is 1. The number of phosphoric acid groups is 1. The number of hydrogen-bond donors (Lipinski definition) is 1. The number of rotatable bonds is 73. The van der Waals surface area contributed by atoms with Crippen LogP contribution >= 0.6 is 7.82 Å². The van der Waals surface area contributed by atoms with Gasteiger partial charge in [-0.1, -0.05) is 366 Å². The van der Waals surface area contributed by atoms with Crippen LogP contribution in [0.2, 0.25) is 0 Å². The number of allylic oxidation sites excluding steroid dienone is 3. The molecule has 3 unspecified atom stereocenters. The molecule has 88 heavy (non-hydrogen) atoms. The number of phosphoric ester groups is 1. The number of amides is 1. The molecule has 10 heteroatoms. The van der Waals surface area contributed by atoms with Crippen LogP contribution in [-0.2, 0) is 27.9 Å². The first-order valence-corrected chi connectivity index (χ1v) is 40.6. The summed E-state index contributed by atoms with van der Waals surface area (Å²) in [7, 11) is 1.21. The molecule has 0 aromatic carbocycles. The number of nitrogens with one attached hydrogen (secondary N) is 1. The molecule has 522 valence electrons. The number of ether oxygens (including phenoxy) is 1. The molecule has 0 saturated heterocycles. The molecule has 0 bridgehead atoms. The van der Waals surface area contributed by atoms with Crippen LogP contribution in [0.15, 0.2) is 24.3 Å². The summed E-state index contributed by atoms with van der Waals surface area (Å²) in [5, 5.41) is 3.06. The molecule has 0 aromatic heterocycles. The van der Waals surface area contributed by atoms with Crippen molar-refractivity contribution < 1.29 is 37.3 Å². The van der Waals surface area contributed by atoms with Crippen LogP contribution in [0.4, 0.5) is 0 Å². The topological polar surface area (TPSA) is 114 Å². The molecule has 0 aromatic rings. The van der Waals surface area contributed by atoms with Gasteiger partial charge in [-0.25, -0.2) is 0 Å². The highest BCUT2D eigenvalue weighted by Gasteiger charge is 2.27. The van der Waals surface area contributed by atoms with E-state index < -0.39 is 20.0 Å². The Balaban J connectivity index is 4.90. The molecule has 0 radical (unpaired) electrons. The molecule has 9 nitrogen and oxygen atoms in total. The molecule has 0 aliphatic heterocycles. The number of nitrogens with zero attached hydrogens (tertiary/aromatic N) is 1. The quantitative estimate of drug-likeness (QED) is 0.0212. The van der Waals surface area contributed by atoms with E-state index in [1.54, 1.807) is 0 Å². The van der Waals surface area contributed by atoms with Crippen molar-refractivity contribution in [2.75, 3.05) is 40.9 Å². The van der Waals surface area contributed by atoms with Crippen LogP contribution in [0.1, 0.15) is 412 Å². The van der Waals surface area contributed by atoms with Crippen LogP contribution in [0.3, 0.4) is 0 Å². The van der Waals surface area contributed by atoms with Gasteiger partial charge in [0.25, 0.3) is 7.82 Å². The van der Waals surface area contributed by atoms with E-state index in [4.69, 9.17) is 13.8 Å². The average molecular weight is 1260 g/mol. The van der Waals surface area contributed by atoms with E-state index in [-0.39, 0.29) is 31.5 Å². The Bertz CT molecular complexity index is 1550. The lowest BCUT2D eigenvalue weighted by Gasteiger charge is -2.30. The number of unbranched alkanes of at least 4 members (excludes halogenated alkanes) is 55. The lowest BCUT2D eigenvalue weighted by Crippen LogP contribution is -2.47. The van der Waals surface area contributed by atoms with Crippen molar-refractivity contribution >= 4 is 19.7 Å². The monoisotopic (exact) mass is 1260 g/mol. The molecular weight excluding hydrogens is 1110 g/mol. The second-order valence-corrected chi connectivity index (χ2v) is 29.6. The zero-order chi connectivity index (χ0) is 64.2. The first kappa shape index (κ1) is 86.5. The molecule has 1 amide bonds. The predicted octanol–water partition coefficient (Wildman–Crippen LogP) is 24.6. The van der Waals surface area contributed by atoms with Gasteiger partial charge >= 0.3 is 5.97 Å². The molecular formula is C78H153N2O7P. The normalized spacial score (nSPS) is 13.5. The van der Waals surface area contributed by atoms with E-state index in [1.165, 1.54) is 321 Å². The van der Waals surface area contributed by atoms with E-state index in [0.717, 1.165) is 57.8 Å². The first-order valence-electron chi connectivity index (χ1n) is 39.1. The summed E-state index contributed by atoms with van der Waals surface area (Å²) < 4.78 is 30.5. The van der Waals surface area contributed by atoms with Crippen LogP contribution in [0.5, 0.6) is 0 Å². The van der Waals surface area contributed by atoms with Gasteiger partial charge in [0, 0.05) is 12.8 Å². The number of hydrogen-bond acceptors (Lipinski definition) is 7. The van der Waals surface area contributed by atoms with E-state index in [9.17, 15) is 19.0 Å². The predicted molar refractivity (Wildman–Crippen MR) is 381 cm³/mol. The smallest absolute Gasteiger partial charge is 0.306 e. The number of quaternary nitrogens is 1. The maximum absolute atomic E-state index is 13.6. The summed E-state index contributed by atoms with van der Waals surface area (Å²) in [5.41, 5.74) is 0. The number of carbonyl (C=O) groups is 2. The van der Waals surface area contributed by atoms with Gasteiger partial charge in [0.05, 0.1) is 33.8 Å². The zero-order valence-corrected chi connectivity index (χ0v) is 60.9. The van der Waals surface area contributed by atoms with Gasteiger partial charge in [-0.3, -0.25) is 14.2 Å². The SMILES string of the molecule is CCCCCCCC/C=C/CCCCCCCCCCCCCCCCCCCC(=O)OC(/C=C/CCCCCCCCCCCC)C(COP(=O)([O-])OCC[N+](C)(C)C)NC(=O)CCCCCCCCCCCCCCCCCCCCCCCCC. The van der Waals surface area contributed by atoms with Crippen molar-refractivity contribution in [2.45, 2.75) is 425 Å². The minimum Gasteiger partial charge on any atom is -0.756 e. The van der Waals surface area contributed by atoms with Gasteiger partial charge in [-0.05, 0) is 57.4 Å². The Hall–Kier alpha value is -1.51. The van der Waals surface area contributed by atoms with Gasteiger partial charge in [0.1, 0.15) is 19.3 Å². The third kappa shape index (κ3) is 68.8. The van der Waals surface area contributed by atoms with Crippen molar-refractivity contribution in [3.8, 4) is 0 Å². The fraction of sp³-hybridized carbons (Fsp3) is 0.923. The molecule has 1 N–H and O–H groups in total. The summed E-state index contributed by atoms with van der Waals surface area (Å²) in [5.74, 6) is -0.513. The fourth-order valence-electron chi connectivity index (χ4n) is 12.1. The number of likely N-dealkylation sites (N-methyl/N-ethyl adjacent to an activating group) is 1. The summed E-state index contributed by atoms with van der Waals surface area (Å²) >= 11 is 0. The zero-order valence-electron chi connectivity index (χ0n) is 60.0. The Morgan fingerprint density at radius 2 is 0.659 bits per heavy atom. The largest absolute Gasteiger partial charge is 0.756 e. The van der Waals surface area contributed by atoms with Crippen molar-refractivity contribution in [3.63, 3.8) is 0 Å². The molecule has 0 fully saturated rings. The molecule has 0 heterocycles. The highest BCUT2D eigenvalue weighted by Crippen LogP contribution is 2.38.